The van der Waals surface area contributed by atoms with Gasteiger partial charge >= 0.3 is 6.03 Å². The van der Waals surface area contributed by atoms with Crippen molar-refractivity contribution in [3.8, 4) is 17.2 Å². The number of benzene rings is 2. The first-order chi connectivity index (χ1) is 15.0. The Morgan fingerprint density at radius 3 is 2.29 bits per heavy atom. The predicted molar refractivity (Wildman–Crippen MR) is 122 cm³/mol. The zero-order valence-corrected chi connectivity index (χ0v) is 19.2. The third-order valence-corrected chi connectivity index (χ3v) is 5.93. The number of hydrogen-bond donors (Lipinski definition) is 1. The lowest BCUT2D eigenvalue weighted by Gasteiger charge is -2.37. The van der Waals surface area contributed by atoms with Crippen LogP contribution < -0.4 is 19.5 Å². The normalized spacial score (nSPS) is 15.2. The number of hydrogen-bond acceptors (Lipinski definition) is 4. The largest absolute Gasteiger partial charge is 0.493 e. The Labute approximate surface area is 189 Å². The Morgan fingerprint density at radius 2 is 1.68 bits per heavy atom. The van der Waals surface area contributed by atoms with Gasteiger partial charge in [0.2, 0.25) is 5.75 Å². The Kier molecular flexibility index (Phi) is 6.08. The van der Waals surface area contributed by atoms with Crippen molar-refractivity contribution in [1.82, 2.24) is 9.47 Å². The smallest absolute Gasteiger partial charge is 0.322 e. The molecule has 0 bridgehead atoms. The van der Waals surface area contributed by atoms with Crippen molar-refractivity contribution >= 4 is 27.6 Å². The van der Waals surface area contributed by atoms with Crippen LogP contribution in [0.5, 0.6) is 17.2 Å². The molecular formula is C23H24BrN3O4. The number of halogens is 1. The molecule has 0 aliphatic carbocycles. The van der Waals surface area contributed by atoms with Crippen LogP contribution in [0.3, 0.4) is 0 Å². The molecule has 1 aliphatic rings. The molecule has 162 valence electrons. The maximum absolute atomic E-state index is 13.4. The molecule has 1 aromatic heterocycles. The van der Waals surface area contributed by atoms with Crippen LogP contribution >= 0.6 is 15.9 Å². The van der Waals surface area contributed by atoms with Gasteiger partial charge in [0.15, 0.2) is 11.5 Å². The summed E-state index contributed by atoms with van der Waals surface area (Å²) in [6, 6.07) is 15.2. The summed E-state index contributed by atoms with van der Waals surface area (Å²) in [5.41, 5.74) is 2.69. The Morgan fingerprint density at radius 1 is 1.00 bits per heavy atom. The van der Waals surface area contributed by atoms with E-state index in [4.69, 9.17) is 14.2 Å². The lowest BCUT2D eigenvalue weighted by atomic mass is 10.0. The molecule has 0 radical (unpaired) electrons. The van der Waals surface area contributed by atoms with E-state index in [2.05, 4.69) is 38.1 Å². The molecule has 8 heteroatoms. The third kappa shape index (κ3) is 4.07. The lowest BCUT2D eigenvalue weighted by Crippen LogP contribution is -2.44. The number of ether oxygens (including phenoxy) is 3. The fourth-order valence-corrected chi connectivity index (χ4v) is 4.21. The van der Waals surface area contributed by atoms with E-state index in [1.54, 1.807) is 33.5 Å². The van der Waals surface area contributed by atoms with E-state index in [0.29, 0.717) is 29.5 Å². The summed E-state index contributed by atoms with van der Waals surface area (Å²) in [4.78, 5) is 15.2. The third-order valence-electron chi connectivity index (χ3n) is 5.40. The van der Waals surface area contributed by atoms with Crippen LogP contribution in [0.25, 0.3) is 0 Å². The first-order valence-corrected chi connectivity index (χ1v) is 10.6. The van der Waals surface area contributed by atoms with E-state index in [0.717, 1.165) is 22.3 Å². The summed E-state index contributed by atoms with van der Waals surface area (Å²) in [5.74, 6) is 1.44. The van der Waals surface area contributed by atoms with Crippen LogP contribution in [0, 0.1) is 0 Å². The number of urea groups is 1. The number of fused-ring (bicyclic) bond motifs is 1. The van der Waals surface area contributed by atoms with E-state index >= 15 is 0 Å². The average Bonchev–Trinajstić information content (AvgIpc) is 3.27. The van der Waals surface area contributed by atoms with Crippen LogP contribution in [0.15, 0.2) is 59.2 Å². The van der Waals surface area contributed by atoms with Gasteiger partial charge in [0.05, 0.1) is 33.1 Å². The molecule has 1 aliphatic heterocycles. The Hall–Kier alpha value is -3.13. The molecule has 4 rings (SSSR count). The van der Waals surface area contributed by atoms with Crippen LogP contribution in [-0.2, 0) is 6.54 Å². The number of methoxy groups -OCH3 is 3. The summed E-state index contributed by atoms with van der Waals surface area (Å²) in [6.07, 6.45) is 2.05. The van der Waals surface area contributed by atoms with E-state index in [1.165, 1.54) is 0 Å². The van der Waals surface area contributed by atoms with E-state index < -0.39 is 0 Å². The van der Waals surface area contributed by atoms with Crippen LogP contribution in [0.1, 0.15) is 17.3 Å². The van der Waals surface area contributed by atoms with Gasteiger partial charge in [0, 0.05) is 41.6 Å². The first kappa shape index (κ1) is 21.1. The summed E-state index contributed by atoms with van der Waals surface area (Å²) in [5, 5.41) is 3.00. The van der Waals surface area contributed by atoms with E-state index in [1.807, 2.05) is 35.2 Å². The van der Waals surface area contributed by atoms with Crippen LogP contribution in [-0.4, -0.2) is 43.4 Å². The molecule has 31 heavy (non-hydrogen) atoms. The van der Waals surface area contributed by atoms with Gasteiger partial charge in [0.1, 0.15) is 0 Å². The molecule has 3 aromatic rings. The molecule has 2 aromatic carbocycles. The highest BCUT2D eigenvalue weighted by molar-refractivity contribution is 9.10. The van der Waals surface area contributed by atoms with E-state index in [9.17, 15) is 4.79 Å². The molecule has 7 nitrogen and oxygen atoms in total. The van der Waals surface area contributed by atoms with Gasteiger partial charge < -0.3 is 29.0 Å². The second-order valence-corrected chi connectivity index (χ2v) is 8.03. The number of amides is 2. The molecule has 0 saturated heterocycles. The maximum atomic E-state index is 13.4. The maximum Gasteiger partial charge on any atom is 0.322 e. The van der Waals surface area contributed by atoms with Crippen LogP contribution in [0.2, 0.25) is 0 Å². The number of rotatable bonds is 5. The highest BCUT2D eigenvalue weighted by Crippen LogP contribution is 2.40. The fraction of sp³-hybridized carbons (Fsp3) is 0.261. The van der Waals surface area contributed by atoms with Gasteiger partial charge in [-0.2, -0.15) is 0 Å². The van der Waals surface area contributed by atoms with Gasteiger partial charge in [-0.3, -0.25) is 0 Å². The zero-order chi connectivity index (χ0) is 22.0. The zero-order valence-electron chi connectivity index (χ0n) is 17.6. The standard InChI is InChI=1S/C23H24BrN3O4/c1-29-19-13-17(14-20(30-2)22(19)31-3)25-23(28)27-12-11-26-10-4-5-18(26)21(27)15-6-8-16(24)9-7-15/h4-10,13-14,21H,11-12H2,1-3H3,(H,25,28). The van der Waals surface area contributed by atoms with Crippen molar-refractivity contribution < 1.29 is 19.0 Å². The van der Waals surface area contributed by atoms with Gasteiger partial charge in [-0.15, -0.1) is 0 Å². The molecule has 0 spiro atoms. The lowest BCUT2D eigenvalue weighted by molar-refractivity contribution is 0.182. The number of nitrogens with one attached hydrogen (secondary N) is 1. The minimum atomic E-state index is -0.199. The van der Waals surface area contributed by atoms with Crippen molar-refractivity contribution in [2.75, 3.05) is 33.2 Å². The summed E-state index contributed by atoms with van der Waals surface area (Å²) in [7, 11) is 4.64. The van der Waals surface area contributed by atoms with Gasteiger partial charge in [0.25, 0.3) is 0 Å². The quantitative estimate of drug-likeness (QED) is 0.557. The summed E-state index contributed by atoms with van der Waals surface area (Å²) < 4.78 is 19.4. The average molecular weight is 486 g/mol. The van der Waals surface area contributed by atoms with Gasteiger partial charge in [-0.1, -0.05) is 28.1 Å². The Balaban J connectivity index is 1.66. The minimum absolute atomic E-state index is 0.195. The van der Waals surface area contributed by atoms with Crippen molar-refractivity contribution in [3.63, 3.8) is 0 Å². The molecule has 0 fully saturated rings. The molecule has 1 N–H and O–H groups in total. The van der Waals surface area contributed by atoms with Gasteiger partial charge in [-0.05, 0) is 29.8 Å². The number of anilines is 1. The van der Waals surface area contributed by atoms with Crippen molar-refractivity contribution in [2.24, 2.45) is 0 Å². The second-order valence-electron chi connectivity index (χ2n) is 7.12. The molecule has 2 amide bonds. The number of aromatic nitrogens is 1. The van der Waals surface area contributed by atoms with Crippen molar-refractivity contribution in [3.05, 3.63) is 70.5 Å². The molecule has 0 saturated carbocycles. The molecule has 2 heterocycles. The van der Waals surface area contributed by atoms with E-state index in [-0.39, 0.29) is 12.1 Å². The topological polar surface area (TPSA) is 65.0 Å². The second kappa shape index (κ2) is 8.93. The highest BCUT2D eigenvalue weighted by atomic mass is 79.9. The van der Waals surface area contributed by atoms with Crippen molar-refractivity contribution in [2.45, 2.75) is 12.6 Å². The van der Waals surface area contributed by atoms with Gasteiger partial charge in [-0.25, -0.2) is 4.79 Å². The number of nitrogens with zero attached hydrogens (tertiary/aromatic N) is 2. The first-order valence-electron chi connectivity index (χ1n) is 9.84. The molecular weight excluding hydrogens is 462 g/mol. The highest BCUT2D eigenvalue weighted by Gasteiger charge is 2.32. The predicted octanol–water partition coefficient (Wildman–Crippen LogP) is 4.91. The SMILES string of the molecule is COc1cc(NC(=O)N2CCn3cccc3C2c2ccc(Br)cc2)cc(OC)c1OC. The monoisotopic (exact) mass is 485 g/mol. The summed E-state index contributed by atoms with van der Waals surface area (Å²) in [6.45, 7) is 1.32. The number of carbonyl (C=O) groups excluding carboxylic acids is 1. The number of carbonyl (C=O) groups is 1. The molecule has 1 unspecified atom stereocenters. The van der Waals surface area contributed by atoms with Crippen LogP contribution in [0.4, 0.5) is 10.5 Å². The minimum Gasteiger partial charge on any atom is -0.493 e. The Bertz CT molecular complexity index is 1060. The summed E-state index contributed by atoms with van der Waals surface area (Å²) >= 11 is 3.49. The van der Waals surface area contributed by atoms with Crippen molar-refractivity contribution in [1.29, 1.82) is 0 Å². The fourth-order valence-electron chi connectivity index (χ4n) is 3.95. The molecule has 1 atom stereocenters.